The molecule has 0 N–H and O–H groups in total. The molecule has 0 heterocycles. The molecule has 0 spiro atoms. The minimum Gasteiger partial charge on any atom is -0.464 e. The lowest BCUT2D eigenvalue weighted by Gasteiger charge is -2.13. The number of hydrogen-bond donors (Lipinski definition) is 0. The van der Waals surface area contributed by atoms with Crippen molar-refractivity contribution in [1.82, 2.24) is 0 Å². The van der Waals surface area contributed by atoms with Gasteiger partial charge in [0.25, 0.3) is 0 Å². The number of carbonyl (C=O) groups is 1. The van der Waals surface area contributed by atoms with Crippen LogP contribution in [0.5, 0.6) is 0 Å². The molecule has 0 radical (unpaired) electrons. The molecule has 0 aliphatic heterocycles. The number of allylic oxidation sites excluding steroid dienone is 1. The fourth-order valence-corrected chi connectivity index (χ4v) is 1.59. The summed E-state index contributed by atoms with van der Waals surface area (Å²) < 4.78 is 5.00. The summed E-state index contributed by atoms with van der Waals surface area (Å²) in [4.78, 5) is 16.0. The summed E-state index contributed by atoms with van der Waals surface area (Å²) in [6.07, 6.45) is 5.45. The van der Waals surface area contributed by atoms with Crippen LogP contribution < -0.4 is 0 Å². The van der Waals surface area contributed by atoms with Crippen LogP contribution in [0.15, 0.2) is 41.4 Å². The first-order chi connectivity index (χ1) is 9.15. The van der Waals surface area contributed by atoms with Crippen LogP contribution in [0.4, 0.5) is 0 Å². The van der Waals surface area contributed by atoms with Gasteiger partial charge in [-0.2, -0.15) is 0 Å². The van der Waals surface area contributed by atoms with Crippen LogP contribution in [0.25, 0.3) is 6.08 Å². The molecule has 1 aromatic carbocycles. The molecular weight excluding hydrogens is 238 g/mol. The van der Waals surface area contributed by atoms with Gasteiger partial charge in [-0.05, 0) is 24.5 Å². The molecule has 0 fully saturated rings. The molecule has 0 aromatic heterocycles. The van der Waals surface area contributed by atoms with Gasteiger partial charge in [0.15, 0.2) is 0 Å². The molecule has 0 bridgehead atoms. The Hall–Kier alpha value is -1.90. The zero-order chi connectivity index (χ0) is 14.1. The van der Waals surface area contributed by atoms with E-state index in [0.717, 1.165) is 5.56 Å². The van der Waals surface area contributed by atoms with Crippen LogP contribution in [0.2, 0.25) is 0 Å². The van der Waals surface area contributed by atoms with Gasteiger partial charge < -0.3 is 4.74 Å². The Morgan fingerprint density at radius 3 is 2.58 bits per heavy atom. The first-order valence-corrected chi connectivity index (χ1v) is 6.56. The highest BCUT2D eigenvalue weighted by Crippen LogP contribution is 2.08. The predicted octanol–water partition coefficient (Wildman–Crippen LogP) is 3.36. The molecule has 3 nitrogen and oxygen atoms in total. The molecule has 0 amide bonds. The Balaban J connectivity index is 2.62. The van der Waals surface area contributed by atoms with Gasteiger partial charge in [0.2, 0.25) is 0 Å². The smallest absolute Gasteiger partial charge is 0.331 e. The Morgan fingerprint density at radius 1 is 1.32 bits per heavy atom. The number of aliphatic imine (C=N–C) groups is 1. The lowest BCUT2D eigenvalue weighted by molar-refractivity contribution is -0.145. The van der Waals surface area contributed by atoms with Gasteiger partial charge in [-0.1, -0.05) is 50.3 Å². The average Bonchev–Trinajstić information content (AvgIpc) is 2.39. The third kappa shape index (κ3) is 5.51. The van der Waals surface area contributed by atoms with Gasteiger partial charge in [-0.15, -0.1) is 0 Å². The van der Waals surface area contributed by atoms with Crippen molar-refractivity contribution in [2.45, 2.75) is 26.8 Å². The van der Waals surface area contributed by atoms with E-state index in [-0.39, 0.29) is 11.9 Å². The van der Waals surface area contributed by atoms with Crippen molar-refractivity contribution in [3.63, 3.8) is 0 Å². The fraction of sp³-hybridized carbons (Fsp3) is 0.375. The fourth-order valence-electron chi connectivity index (χ4n) is 1.59. The zero-order valence-electron chi connectivity index (χ0n) is 11.7. The van der Waals surface area contributed by atoms with Crippen molar-refractivity contribution in [2.75, 3.05) is 6.61 Å². The summed E-state index contributed by atoms with van der Waals surface area (Å²) in [6, 6.07) is 9.52. The van der Waals surface area contributed by atoms with E-state index in [1.807, 2.05) is 56.3 Å². The highest BCUT2D eigenvalue weighted by atomic mass is 16.5. The van der Waals surface area contributed by atoms with Crippen molar-refractivity contribution in [2.24, 2.45) is 10.9 Å². The highest BCUT2D eigenvalue weighted by molar-refractivity contribution is 5.83. The molecule has 102 valence electrons. The molecule has 0 aliphatic rings. The molecule has 0 saturated carbocycles. The molecular formula is C16H21NO2. The zero-order valence-corrected chi connectivity index (χ0v) is 11.7. The summed E-state index contributed by atoms with van der Waals surface area (Å²) in [5, 5.41) is 0. The van der Waals surface area contributed by atoms with Gasteiger partial charge in [-0.25, -0.2) is 4.79 Å². The van der Waals surface area contributed by atoms with Crippen LogP contribution >= 0.6 is 0 Å². The quantitative estimate of drug-likeness (QED) is 0.580. The number of benzene rings is 1. The van der Waals surface area contributed by atoms with Crippen LogP contribution in [0.1, 0.15) is 26.3 Å². The predicted molar refractivity (Wildman–Crippen MR) is 79.2 cm³/mol. The first-order valence-electron chi connectivity index (χ1n) is 6.56. The van der Waals surface area contributed by atoms with Gasteiger partial charge in [0.1, 0.15) is 6.04 Å². The Kier molecular flexibility index (Phi) is 6.58. The maximum atomic E-state index is 11.7. The van der Waals surface area contributed by atoms with Crippen molar-refractivity contribution >= 4 is 18.3 Å². The van der Waals surface area contributed by atoms with Gasteiger partial charge >= 0.3 is 5.97 Å². The standard InChI is InChI=1S/C16H21NO2/c1-4-19-16(18)15(13(2)3)17-12-8-11-14-9-6-5-7-10-14/h5-13,15H,4H2,1-3H3/b11-8+,17-12?. The lowest BCUT2D eigenvalue weighted by atomic mass is 10.1. The maximum absolute atomic E-state index is 11.7. The first kappa shape index (κ1) is 15.2. The minimum absolute atomic E-state index is 0.125. The van der Waals surface area contributed by atoms with E-state index in [9.17, 15) is 4.79 Å². The van der Waals surface area contributed by atoms with Gasteiger partial charge in [0.05, 0.1) is 6.61 Å². The maximum Gasteiger partial charge on any atom is 0.331 e. The highest BCUT2D eigenvalue weighted by Gasteiger charge is 2.21. The average molecular weight is 259 g/mol. The molecule has 1 atom stereocenters. The monoisotopic (exact) mass is 259 g/mol. The summed E-state index contributed by atoms with van der Waals surface area (Å²) in [5.74, 6) is -0.137. The summed E-state index contributed by atoms with van der Waals surface area (Å²) in [7, 11) is 0. The third-order valence-electron chi connectivity index (χ3n) is 2.58. The Labute approximate surface area is 115 Å². The SMILES string of the molecule is CCOC(=O)C(N=C/C=C/c1ccccc1)C(C)C. The number of carbonyl (C=O) groups excluding carboxylic acids is 1. The van der Waals surface area contributed by atoms with Crippen molar-refractivity contribution < 1.29 is 9.53 Å². The van der Waals surface area contributed by atoms with E-state index >= 15 is 0 Å². The van der Waals surface area contributed by atoms with Gasteiger partial charge in [-0.3, -0.25) is 4.99 Å². The second-order valence-electron chi connectivity index (χ2n) is 4.51. The summed E-state index contributed by atoms with van der Waals surface area (Å²) >= 11 is 0. The van der Waals surface area contributed by atoms with E-state index in [2.05, 4.69) is 4.99 Å². The van der Waals surface area contributed by atoms with E-state index in [1.165, 1.54) is 0 Å². The number of nitrogens with zero attached hydrogens (tertiary/aromatic N) is 1. The van der Waals surface area contributed by atoms with E-state index in [4.69, 9.17) is 4.74 Å². The van der Waals surface area contributed by atoms with Gasteiger partial charge in [0, 0.05) is 6.21 Å². The molecule has 0 aliphatic carbocycles. The minimum atomic E-state index is -0.430. The topological polar surface area (TPSA) is 38.7 Å². The number of hydrogen-bond acceptors (Lipinski definition) is 3. The number of esters is 1. The molecule has 1 aromatic rings. The number of ether oxygens (including phenoxy) is 1. The second kappa shape index (κ2) is 8.25. The van der Waals surface area contributed by atoms with E-state index in [0.29, 0.717) is 6.61 Å². The van der Waals surface area contributed by atoms with Crippen LogP contribution in [0.3, 0.4) is 0 Å². The van der Waals surface area contributed by atoms with Crippen molar-refractivity contribution in [3.05, 3.63) is 42.0 Å². The Bertz CT molecular complexity index is 435. The normalized spacial score (nSPS) is 13.3. The lowest BCUT2D eigenvalue weighted by Crippen LogP contribution is -2.26. The van der Waals surface area contributed by atoms with Crippen molar-refractivity contribution in [3.8, 4) is 0 Å². The molecule has 1 unspecified atom stereocenters. The Morgan fingerprint density at radius 2 is 2.00 bits per heavy atom. The largest absolute Gasteiger partial charge is 0.464 e. The third-order valence-corrected chi connectivity index (χ3v) is 2.58. The molecule has 0 saturated heterocycles. The molecule has 19 heavy (non-hydrogen) atoms. The number of rotatable bonds is 6. The van der Waals surface area contributed by atoms with E-state index in [1.54, 1.807) is 13.1 Å². The van der Waals surface area contributed by atoms with Crippen LogP contribution in [-0.4, -0.2) is 24.8 Å². The summed E-state index contributed by atoms with van der Waals surface area (Å²) in [5.41, 5.74) is 1.10. The van der Waals surface area contributed by atoms with Crippen LogP contribution in [0, 0.1) is 5.92 Å². The molecule has 1 rings (SSSR count). The van der Waals surface area contributed by atoms with Crippen molar-refractivity contribution in [1.29, 1.82) is 0 Å². The van der Waals surface area contributed by atoms with E-state index < -0.39 is 6.04 Å². The van der Waals surface area contributed by atoms with Crippen LogP contribution in [-0.2, 0) is 9.53 Å². The molecule has 3 heteroatoms. The summed E-state index contributed by atoms with van der Waals surface area (Å²) in [6.45, 7) is 6.10. The second-order valence-corrected chi connectivity index (χ2v) is 4.51.